The Morgan fingerprint density at radius 3 is 2.30 bits per heavy atom. The number of piperidine rings is 1. The van der Waals surface area contributed by atoms with Gasteiger partial charge >= 0.3 is 0 Å². The van der Waals surface area contributed by atoms with Crippen molar-refractivity contribution in [1.82, 2.24) is 15.5 Å². The molecule has 3 aliphatic rings. The third-order valence-corrected chi connectivity index (χ3v) is 5.42. The first-order valence-corrected chi connectivity index (χ1v) is 9.02. The Hall–Kier alpha value is -1.59. The molecule has 1 unspecified atom stereocenters. The van der Waals surface area contributed by atoms with E-state index in [1.807, 2.05) is 4.90 Å². The fourth-order valence-corrected chi connectivity index (χ4v) is 3.96. The van der Waals surface area contributed by atoms with Crippen molar-refractivity contribution in [3.05, 3.63) is 0 Å². The third-order valence-electron chi connectivity index (χ3n) is 5.42. The van der Waals surface area contributed by atoms with Crippen molar-refractivity contribution in [2.45, 2.75) is 69.9 Å². The molecule has 2 aliphatic heterocycles. The van der Waals surface area contributed by atoms with E-state index in [1.54, 1.807) is 0 Å². The largest absolute Gasteiger partial charge is 0.351 e. The molecule has 3 fully saturated rings. The van der Waals surface area contributed by atoms with E-state index < -0.39 is 0 Å². The van der Waals surface area contributed by atoms with Crippen molar-refractivity contribution < 1.29 is 14.4 Å². The Morgan fingerprint density at radius 1 is 1.00 bits per heavy atom. The fraction of sp³-hybridized carbons (Fsp3) is 0.824. The molecule has 0 radical (unpaired) electrons. The number of nitrogens with zero attached hydrogens (tertiary/aromatic N) is 1. The van der Waals surface area contributed by atoms with Gasteiger partial charge in [-0.15, -0.1) is 0 Å². The van der Waals surface area contributed by atoms with Gasteiger partial charge in [0.1, 0.15) is 6.04 Å². The average Bonchev–Trinajstić information content (AvgIpc) is 3.02. The summed E-state index contributed by atoms with van der Waals surface area (Å²) in [6, 6.07) is -0.250. The van der Waals surface area contributed by atoms with Gasteiger partial charge in [0.05, 0.1) is 0 Å². The highest BCUT2D eigenvalue weighted by molar-refractivity contribution is 5.90. The highest BCUT2D eigenvalue weighted by Gasteiger charge is 2.32. The van der Waals surface area contributed by atoms with Crippen LogP contribution in [0.4, 0.5) is 0 Å². The number of carbonyl (C=O) groups excluding carboxylic acids is 3. The number of nitrogens with one attached hydrogen (secondary N) is 2. The molecule has 2 heterocycles. The lowest BCUT2D eigenvalue weighted by Crippen LogP contribution is -2.51. The van der Waals surface area contributed by atoms with E-state index in [2.05, 4.69) is 10.6 Å². The summed E-state index contributed by atoms with van der Waals surface area (Å²) in [5.74, 6) is 0.423. The van der Waals surface area contributed by atoms with Crippen LogP contribution in [0.25, 0.3) is 0 Å². The predicted octanol–water partition coefficient (Wildman–Crippen LogP) is 0.952. The molecule has 3 rings (SSSR count). The van der Waals surface area contributed by atoms with Crippen molar-refractivity contribution >= 4 is 17.7 Å². The predicted molar refractivity (Wildman–Crippen MR) is 85.5 cm³/mol. The molecule has 0 bridgehead atoms. The molecule has 1 atom stereocenters. The van der Waals surface area contributed by atoms with Crippen molar-refractivity contribution in [2.75, 3.05) is 13.1 Å². The SMILES string of the molecule is O=C1CCC(C(=O)NC2CCN(C(=O)C3CCCCC3)CC2)N1. The zero-order valence-electron chi connectivity index (χ0n) is 13.7. The minimum atomic E-state index is -0.371. The standard InChI is InChI=1S/C17H27N3O3/c21-15-7-6-14(19-15)16(22)18-13-8-10-20(11-9-13)17(23)12-4-2-1-3-5-12/h12-14H,1-11H2,(H,18,22)(H,19,21). The summed E-state index contributed by atoms with van der Waals surface area (Å²) in [7, 11) is 0. The fourth-order valence-electron chi connectivity index (χ4n) is 3.96. The summed E-state index contributed by atoms with van der Waals surface area (Å²) in [5, 5.41) is 5.73. The molecule has 0 aromatic rings. The molecular formula is C17H27N3O3. The Labute approximate surface area is 137 Å². The maximum absolute atomic E-state index is 12.5. The smallest absolute Gasteiger partial charge is 0.242 e. The average molecular weight is 321 g/mol. The molecule has 0 aromatic heterocycles. The highest BCUT2D eigenvalue weighted by atomic mass is 16.2. The molecule has 2 N–H and O–H groups in total. The number of carbonyl (C=O) groups is 3. The van der Waals surface area contributed by atoms with Crippen molar-refractivity contribution in [1.29, 1.82) is 0 Å². The van der Waals surface area contributed by atoms with E-state index in [0.29, 0.717) is 18.7 Å². The quantitative estimate of drug-likeness (QED) is 0.812. The monoisotopic (exact) mass is 321 g/mol. The molecule has 6 nitrogen and oxygen atoms in total. The van der Waals surface area contributed by atoms with Crippen LogP contribution in [0.2, 0.25) is 0 Å². The summed E-state index contributed by atoms with van der Waals surface area (Å²) in [6.45, 7) is 1.47. The van der Waals surface area contributed by atoms with Gasteiger partial charge in [0.15, 0.2) is 0 Å². The number of hydrogen-bond donors (Lipinski definition) is 2. The minimum absolute atomic E-state index is 0.0435. The normalized spacial score (nSPS) is 26.9. The molecule has 1 saturated carbocycles. The van der Waals surface area contributed by atoms with E-state index in [1.165, 1.54) is 19.3 Å². The van der Waals surface area contributed by atoms with Gasteiger partial charge in [-0.1, -0.05) is 19.3 Å². The lowest BCUT2D eigenvalue weighted by Gasteiger charge is -2.35. The first kappa shape index (κ1) is 16.3. The van der Waals surface area contributed by atoms with Crippen LogP contribution in [-0.2, 0) is 14.4 Å². The maximum Gasteiger partial charge on any atom is 0.242 e. The van der Waals surface area contributed by atoms with E-state index >= 15 is 0 Å². The van der Waals surface area contributed by atoms with Gasteiger partial charge in [-0.05, 0) is 32.1 Å². The number of hydrogen-bond acceptors (Lipinski definition) is 3. The third kappa shape index (κ3) is 4.03. The molecule has 1 aliphatic carbocycles. The van der Waals surface area contributed by atoms with Crippen LogP contribution < -0.4 is 10.6 Å². The number of rotatable bonds is 3. The van der Waals surface area contributed by atoms with Crippen LogP contribution in [0.15, 0.2) is 0 Å². The minimum Gasteiger partial charge on any atom is -0.351 e. The number of likely N-dealkylation sites (tertiary alicyclic amines) is 1. The second kappa shape index (κ2) is 7.32. The van der Waals surface area contributed by atoms with Gasteiger partial charge in [0.25, 0.3) is 0 Å². The lowest BCUT2D eigenvalue weighted by molar-refractivity contribution is -0.137. The summed E-state index contributed by atoms with van der Waals surface area (Å²) in [5.41, 5.74) is 0. The zero-order chi connectivity index (χ0) is 16.2. The summed E-state index contributed by atoms with van der Waals surface area (Å²) in [6.07, 6.45) is 8.33. The molecular weight excluding hydrogens is 294 g/mol. The summed E-state index contributed by atoms with van der Waals surface area (Å²) in [4.78, 5) is 37.8. The van der Waals surface area contributed by atoms with Gasteiger partial charge in [0.2, 0.25) is 17.7 Å². The van der Waals surface area contributed by atoms with Gasteiger partial charge < -0.3 is 15.5 Å². The topological polar surface area (TPSA) is 78.5 Å². The van der Waals surface area contributed by atoms with Crippen molar-refractivity contribution in [3.8, 4) is 0 Å². The Kier molecular flexibility index (Phi) is 5.18. The molecule has 3 amide bonds. The van der Waals surface area contributed by atoms with Crippen LogP contribution in [0.5, 0.6) is 0 Å². The summed E-state index contributed by atoms with van der Waals surface area (Å²) >= 11 is 0. The van der Waals surface area contributed by atoms with E-state index in [4.69, 9.17) is 0 Å². The molecule has 0 spiro atoms. The van der Waals surface area contributed by atoms with Gasteiger partial charge in [-0.2, -0.15) is 0 Å². The Balaban J connectivity index is 1.42. The zero-order valence-corrected chi connectivity index (χ0v) is 13.7. The van der Waals surface area contributed by atoms with Crippen molar-refractivity contribution in [2.24, 2.45) is 5.92 Å². The summed E-state index contributed by atoms with van der Waals surface area (Å²) < 4.78 is 0. The molecule has 2 saturated heterocycles. The van der Waals surface area contributed by atoms with E-state index in [-0.39, 0.29) is 29.8 Å². The van der Waals surface area contributed by atoms with Gasteiger partial charge in [0, 0.05) is 31.5 Å². The van der Waals surface area contributed by atoms with Crippen LogP contribution >= 0.6 is 0 Å². The highest BCUT2D eigenvalue weighted by Crippen LogP contribution is 2.26. The van der Waals surface area contributed by atoms with Gasteiger partial charge in [-0.25, -0.2) is 0 Å². The number of amides is 3. The molecule has 128 valence electrons. The Bertz CT molecular complexity index is 466. The lowest BCUT2D eigenvalue weighted by atomic mass is 9.87. The van der Waals surface area contributed by atoms with Crippen LogP contribution in [0.1, 0.15) is 57.8 Å². The molecule has 6 heteroatoms. The van der Waals surface area contributed by atoms with Crippen LogP contribution in [0.3, 0.4) is 0 Å². The van der Waals surface area contributed by atoms with E-state index in [0.717, 1.165) is 38.8 Å². The second-order valence-electron chi connectivity index (χ2n) is 7.10. The first-order chi connectivity index (χ1) is 11.1. The van der Waals surface area contributed by atoms with Crippen LogP contribution in [-0.4, -0.2) is 47.8 Å². The van der Waals surface area contributed by atoms with E-state index in [9.17, 15) is 14.4 Å². The Morgan fingerprint density at radius 2 is 1.70 bits per heavy atom. The van der Waals surface area contributed by atoms with Crippen LogP contribution in [0, 0.1) is 5.92 Å². The maximum atomic E-state index is 12.5. The molecule has 0 aromatic carbocycles. The molecule has 23 heavy (non-hydrogen) atoms. The first-order valence-electron chi connectivity index (χ1n) is 9.02. The second-order valence-corrected chi connectivity index (χ2v) is 7.10. The van der Waals surface area contributed by atoms with Gasteiger partial charge in [-0.3, -0.25) is 14.4 Å². The van der Waals surface area contributed by atoms with Crippen molar-refractivity contribution in [3.63, 3.8) is 0 Å².